The number of amides is 3. The molecule has 0 aliphatic carbocycles. The molecule has 0 radical (unpaired) electrons. The van der Waals surface area contributed by atoms with E-state index in [1.54, 1.807) is 0 Å². The van der Waals surface area contributed by atoms with Crippen molar-refractivity contribution in [3.63, 3.8) is 0 Å². The molecule has 4 atom stereocenters. The lowest BCUT2D eigenvalue weighted by Gasteiger charge is -2.38. The van der Waals surface area contributed by atoms with Crippen molar-refractivity contribution in [3.8, 4) is 0 Å². The van der Waals surface area contributed by atoms with Gasteiger partial charge in [0.1, 0.15) is 5.54 Å². The van der Waals surface area contributed by atoms with Crippen LogP contribution < -0.4 is 5.32 Å². The van der Waals surface area contributed by atoms with Gasteiger partial charge in [-0.1, -0.05) is 18.2 Å². The summed E-state index contributed by atoms with van der Waals surface area (Å²) in [5.74, 6) is -1.54. The molecule has 3 fully saturated rings. The average Bonchev–Trinajstić information content (AvgIpc) is 3.24. The van der Waals surface area contributed by atoms with Crippen molar-refractivity contribution < 1.29 is 14.4 Å². The van der Waals surface area contributed by atoms with Crippen molar-refractivity contribution in [2.75, 3.05) is 11.9 Å². The van der Waals surface area contributed by atoms with Gasteiger partial charge >= 0.3 is 0 Å². The third-order valence-corrected chi connectivity index (χ3v) is 6.57. The quantitative estimate of drug-likeness (QED) is 0.721. The van der Waals surface area contributed by atoms with Gasteiger partial charge in [0.15, 0.2) is 0 Å². The minimum atomic E-state index is -1.05. The van der Waals surface area contributed by atoms with Gasteiger partial charge in [-0.3, -0.25) is 24.2 Å². The Kier molecular flexibility index (Phi) is 2.92. The van der Waals surface area contributed by atoms with Gasteiger partial charge in [0.05, 0.1) is 11.8 Å². The highest BCUT2D eigenvalue weighted by Gasteiger charge is 2.75. The van der Waals surface area contributed by atoms with Crippen LogP contribution in [0.5, 0.6) is 0 Å². The van der Waals surface area contributed by atoms with Crippen LogP contribution in [-0.2, 0) is 19.9 Å². The molecule has 1 aromatic carbocycles. The fraction of sp³-hybridized carbons (Fsp3) is 0.550. The van der Waals surface area contributed by atoms with E-state index in [2.05, 4.69) is 10.2 Å². The lowest BCUT2D eigenvalue weighted by atomic mass is 9.75. The maximum absolute atomic E-state index is 13.5. The smallest absolute Gasteiger partial charge is 0.250 e. The number of nitrogens with zero attached hydrogens (tertiary/aromatic N) is 2. The van der Waals surface area contributed by atoms with Crippen molar-refractivity contribution in [1.29, 1.82) is 0 Å². The van der Waals surface area contributed by atoms with Gasteiger partial charge < -0.3 is 5.32 Å². The van der Waals surface area contributed by atoms with Crippen LogP contribution >= 0.6 is 0 Å². The SMILES string of the molecule is CC(C)(C)N1C(=O)[C@@H]2[C@H]3CCCN3[C@@]3(C(=O)Nc4ccccc43)[C@@H]2C1=O. The number of fused-ring (bicyclic) bond motifs is 7. The van der Waals surface area contributed by atoms with Gasteiger partial charge in [0, 0.05) is 22.8 Å². The number of rotatable bonds is 0. The molecule has 6 nitrogen and oxygen atoms in total. The zero-order chi connectivity index (χ0) is 18.4. The molecule has 1 N–H and O–H groups in total. The highest BCUT2D eigenvalue weighted by atomic mass is 16.2. The number of nitrogens with one attached hydrogen (secondary N) is 1. The summed E-state index contributed by atoms with van der Waals surface area (Å²) in [4.78, 5) is 43.7. The largest absolute Gasteiger partial charge is 0.324 e. The van der Waals surface area contributed by atoms with Crippen LogP contribution in [0.1, 0.15) is 39.2 Å². The predicted octanol–water partition coefficient (Wildman–Crippen LogP) is 1.71. The molecular weight excluding hydrogens is 330 g/mol. The molecule has 1 aromatic rings. The number of imide groups is 1. The Morgan fingerprint density at radius 2 is 1.85 bits per heavy atom. The fourth-order valence-corrected chi connectivity index (χ4v) is 5.82. The van der Waals surface area contributed by atoms with Gasteiger partial charge in [0.2, 0.25) is 17.7 Å². The number of carbonyl (C=O) groups is 3. The van der Waals surface area contributed by atoms with E-state index in [-0.39, 0.29) is 23.8 Å². The van der Waals surface area contributed by atoms with Crippen LogP contribution in [0.3, 0.4) is 0 Å². The van der Waals surface area contributed by atoms with E-state index < -0.39 is 22.9 Å². The Morgan fingerprint density at radius 3 is 2.58 bits per heavy atom. The van der Waals surface area contributed by atoms with Gasteiger partial charge in [-0.05, 0) is 46.2 Å². The molecule has 4 aliphatic rings. The van der Waals surface area contributed by atoms with Crippen molar-refractivity contribution >= 4 is 23.4 Å². The Hall–Kier alpha value is -2.21. The Labute approximate surface area is 152 Å². The van der Waals surface area contributed by atoms with Crippen molar-refractivity contribution in [2.45, 2.75) is 50.7 Å². The summed E-state index contributed by atoms with van der Waals surface area (Å²) in [5.41, 5.74) is -0.0213. The molecule has 3 saturated heterocycles. The second-order valence-corrected chi connectivity index (χ2v) is 8.86. The van der Waals surface area contributed by atoms with E-state index in [1.807, 2.05) is 45.0 Å². The lowest BCUT2D eigenvalue weighted by Crippen LogP contribution is -2.56. The summed E-state index contributed by atoms with van der Waals surface area (Å²) >= 11 is 0. The maximum Gasteiger partial charge on any atom is 0.250 e. The zero-order valence-electron chi connectivity index (χ0n) is 15.3. The summed E-state index contributed by atoms with van der Waals surface area (Å²) in [6, 6.07) is 7.56. The fourth-order valence-electron chi connectivity index (χ4n) is 5.82. The summed E-state index contributed by atoms with van der Waals surface area (Å²) < 4.78 is 0. The summed E-state index contributed by atoms with van der Waals surface area (Å²) in [7, 11) is 0. The van der Waals surface area contributed by atoms with Gasteiger partial charge in [-0.25, -0.2) is 0 Å². The third kappa shape index (κ3) is 1.60. The van der Waals surface area contributed by atoms with Crippen LogP contribution in [0, 0.1) is 11.8 Å². The molecule has 4 heterocycles. The van der Waals surface area contributed by atoms with Crippen LogP contribution in [0.25, 0.3) is 0 Å². The molecule has 136 valence electrons. The first-order valence-electron chi connectivity index (χ1n) is 9.35. The number of likely N-dealkylation sites (tertiary alicyclic amines) is 1. The third-order valence-electron chi connectivity index (χ3n) is 6.57. The Balaban J connectivity index is 1.76. The van der Waals surface area contributed by atoms with Gasteiger partial charge in [-0.15, -0.1) is 0 Å². The molecule has 3 amide bonds. The molecule has 0 aromatic heterocycles. The second kappa shape index (κ2) is 4.74. The molecule has 26 heavy (non-hydrogen) atoms. The Bertz CT molecular complexity index is 858. The number of hydrogen-bond donors (Lipinski definition) is 1. The van der Waals surface area contributed by atoms with Crippen LogP contribution in [0.2, 0.25) is 0 Å². The van der Waals surface area contributed by atoms with E-state index in [0.29, 0.717) is 0 Å². The summed E-state index contributed by atoms with van der Waals surface area (Å²) in [5, 5.41) is 2.98. The minimum Gasteiger partial charge on any atom is -0.324 e. The van der Waals surface area contributed by atoms with Crippen molar-refractivity contribution in [1.82, 2.24) is 9.80 Å². The first-order chi connectivity index (χ1) is 12.3. The zero-order valence-corrected chi connectivity index (χ0v) is 15.3. The minimum absolute atomic E-state index is 0.0410. The Morgan fingerprint density at radius 1 is 1.12 bits per heavy atom. The first kappa shape index (κ1) is 16.0. The summed E-state index contributed by atoms with van der Waals surface area (Å²) in [6.07, 6.45) is 1.80. The monoisotopic (exact) mass is 353 g/mol. The molecule has 0 unspecified atom stereocenters. The van der Waals surface area contributed by atoms with E-state index in [4.69, 9.17) is 0 Å². The highest BCUT2D eigenvalue weighted by Crippen LogP contribution is 2.60. The summed E-state index contributed by atoms with van der Waals surface area (Å²) in [6.45, 7) is 6.39. The van der Waals surface area contributed by atoms with E-state index in [9.17, 15) is 14.4 Å². The van der Waals surface area contributed by atoms with Crippen molar-refractivity contribution in [2.24, 2.45) is 11.8 Å². The standard InChI is InChI=1S/C20H23N3O3/c1-19(2,3)23-16(24)14-13-9-6-10-22(13)20(15(14)17(23)25)11-7-4-5-8-12(11)21-18(20)26/h4-5,7-8,13-15H,6,9-10H2,1-3H3,(H,21,26)/t13-,14-,15+,20-/m1/s1. The maximum atomic E-state index is 13.5. The van der Waals surface area contributed by atoms with Gasteiger partial charge in [-0.2, -0.15) is 0 Å². The van der Waals surface area contributed by atoms with E-state index in [1.165, 1.54) is 4.90 Å². The van der Waals surface area contributed by atoms with Crippen LogP contribution in [-0.4, -0.2) is 45.6 Å². The average molecular weight is 353 g/mol. The highest BCUT2D eigenvalue weighted by molar-refractivity contribution is 6.15. The van der Waals surface area contributed by atoms with Crippen molar-refractivity contribution in [3.05, 3.63) is 29.8 Å². The molecule has 6 heteroatoms. The van der Waals surface area contributed by atoms with E-state index in [0.717, 1.165) is 30.6 Å². The number of benzene rings is 1. The number of carbonyl (C=O) groups excluding carboxylic acids is 3. The molecule has 1 spiro atoms. The molecular formula is C20H23N3O3. The lowest BCUT2D eigenvalue weighted by molar-refractivity contribution is -0.150. The predicted molar refractivity (Wildman–Crippen MR) is 95.1 cm³/mol. The molecule has 4 aliphatic heterocycles. The number of hydrogen-bond acceptors (Lipinski definition) is 4. The second-order valence-electron chi connectivity index (χ2n) is 8.86. The van der Waals surface area contributed by atoms with E-state index >= 15 is 0 Å². The normalized spacial score (nSPS) is 35.9. The molecule has 0 bridgehead atoms. The van der Waals surface area contributed by atoms with Crippen LogP contribution in [0.4, 0.5) is 5.69 Å². The topological polar surface area (TPSA) is 69.7 Å². The van der Waals surface area contributed by atoms with Gasteiger partial charge in [0.25, 0.3) is 0 Å². The number of para-hydroxylation sites is 1. The molecule has 0 saturated carbocycles. The molecule has 5 rings (SSSR count). The first-order valence-corrected chi connectivity index (χ1v) is 9.35. The van der Waals surface area contributed by atoms with Crippen LogP contribution in [0.15, 0.2) is 24.3 Å². The number of anilines is 1.